The molecule has 4 nitrogen and oxygen atoms in total. The lowest BCUT2D eigenvalue weighted by molar-refractivity contribution is -0.136. The zero-order chi connectivity index (χ0) is 18.7. The smallest absolute Gasteiger partial charge is 0.245 e. The summed E-state index contributed by atoms with van der Waals surface area (Å²) in [6.07, 6.45) is 7.33. The van der Waals surface area contributed by atoms with Crippen molar-refractivity contribution in [3.63, 3.8) is 0 Å². The maximum absolute atomic E-state index is 13.2. The van der Waals surface area contributed by atoms with Crippen molar-refractivity contribution in [3.05, 3.63) is 90.5 Å². The summed E-state index contributed by atoms with van der Waals surface area (Å²) < 4.78 is 1.88. The van der Waals surface area contributed by atoms with Crippen molar-refractivity contribution in [2.75, 3.05) is 13.1 Å². The van der Waals surface area contributed by atoms with Crippen LogP contribution in [-0.4, -0.2) is 33.4 Å². The number of hydrogen-bond acceptors (Lipinski definition) is 2. The molecule has 0 aliphatic carbocycles. The van der Waals surface area contributed by atoms with Gasteiger partial charge in [0.15, 0.2) is 0 Å². The number of piperidine rings is 1. The molecule has 0 N–H and O–H groups in total. The fourth-order valence-corrected chi connectivity index (χ4v) is 4.29. The van der Waals surface area contributed by atoms with Gasteiger partial charge in [-0.25, -0.2) is 4.98 Å². The van der Waals surface area contributed by atoms with Crippen molar-refractivity contribution >= 4 is 5.91 Å². The number of imidazole rings is 1. The number of aromatic nitrogens is 2. The Kier molecular flexibility index (Phi) is 4.80. The number of rotatable bonds is 4. The summed E-state index contributed by atoms with van der Waals surface area (Å²) in [4.78, 5) is 19.3. The van der Waals surface area contributed by atoms with Gasteiger partial charge in [-0.05, 0) is 30.9 Å². The molecule has 27 heavy (non-hydrogen) atoms. The third-order valence-electron chi connectivity index (χ3n) is 5.79. The Balaban J connectivity index is 1.69. The number of nitrogens with zero attached hydrogens (tertiary/aromatic N) is 3. The first-order valence-electron chi connectivity index (χ1n) is 9.58. The van der Waals surface area contributed by atoms with Gasteiger partial charge in [-0.15, -0.1) is 0 Å². The van der Waals surface area contributed by atoms with Gasteiger partial charge in [0, 0.05) is 30.9 Å². The Labute approximate surface area is 160 Å². The standard InChI is InChI=1S/C23H25N3O/c1-19(26-16-14-24-18-26)22(27)25-15-8-13-23(17-25,20-9-4-2-5-10-20)21-11-6-3-7-12-21/h2-7,9-12,14,16,18-19H,8,13,15,17H2,1H3. The van der Waals surface area contributed by atoms with Crippen molar-refractivity contribution in [3.8, 4) is 0 Å². The van der Waals surface area contributed by atoms with Crippen LogP contribution in [0.5, 0.6) is 0 Å². The molecule has 2 aromatic carbocycles. The van der Waals surface area contributed by atoms with E-state index in [1.54, 1.807) is 12.5 Å². The number of likely N-dealkylation sites (tertiary alicyclic amines) is 1. The van der Waals surface area contributed by atoms with Crippen LogP contribution in [0.3, 0.4) is 0 Å². The van der Waals surface area contributed by atoms with Crippen LogP contribution in [0.2, 0.25) is 0 Å². The molecule has 1 fully saturated rings. The summed E-state index contributed by atoms with van der Waals surface area (Å²) in [5.74, 6) is 0.156. The lowest BCUT2D eigenvalue weighted by Gasteiger charge is -2.44. The fourth-order valence-electron chi connectivity index (χ4n) is 4.29. The van der Waals surface area contributed by atoms with E-state index in [0.29, 0.717) is 6.54 Å². The van der Waals surface area contributed by atoms with Gasteiger partial charge in [0.1, 0.15) is 6.04 Å². The quantitative estimate of drug-likeness (QED) is 0.705. The molecule has 4 heteroatoms. The molecule has 138 valence electrons. The van der Waals surface area contributed by atoms with E-state index in [4.69, 9.17) is 0 Å². The summed E-state index contributed by atoms with van der Waals surface area (Å²) in [7, 11) is 0. The van der Waals surface area contributed by atoms with Gasteiger partial charge in [0.2, 0.25) is 5.91 Å². The van der Waals surface area contributed by atoms with Gasteiger partial charge in [0.25, 0.3) is 0 Å². The minimum atomic E-state index is -0.241. The summed E-state index contributed by atoms with van der Waals surface area (Å²) >= 11 is 0. The molecular formula is C23H25N3O. The van der Waals surface area contributed by atoms with Crippen LogP contribution in [0.1, 0.15) is 36.9 Å². The molecule has 2 heterocycles. The molecule has 1 aliphatic heterocycles. The molecule has 1 saturated heterocycles. The van der Waals surface area contributed by atoms with Crippen LogP contribution >= 0.6 is 0 Å². The third-order valence-corrected chi connectivity index (χ3v) is 5.79. The van der Waals surface area contributed by atoms with Crippen LogP contribution in [0.15, 0.2) is 79.4 Å². The molecule has 0 bridgehead atoms. The van der Waals surface area contributed by atoms with Gasteiger partial charge in [-0.1, -0.05) is 60.7 Å². The van der Waals surface area contributed by atoms with Crippen LogP contribution in [0.4, 0.5) is 0 Å². The van der Waals surface area contributed by atoms with E-state index < -0.39 is 0 Å². The topological polar surface area (TPSA) is 38.1 Å². The first-order chi connectivity index (χ1) is 13.2. The predicted octanol–water partition coefficient (Wildman–Crippen LogP) is 4.05. The number of carbonyl (C=O) groups is 1. The molecule has 1 atom stereocenters. The van der Waals surface area contributed by atoms with E-state index >= 15 is 0 Å². The van der Waals surface area contributed by atoms with Crippen LogP contribution in [0.25, 0.3) is 0 Å². The van der Waals surface area contributed by atoms with Gasteiger partial charge in [-0.2, -0.15) is 0 Å². The first kappa shape index (κ1) is 17.5. The van der Waals surface area contributed by atoms with Crippen molar-refractivity contribution in [1.82, 2.24) is 14.5 Å². The second kappa shape index (κ2) is 7.39. The highest BCUT2D eigenvalue weighted by Crippen LogP contribution is 2.40. The van der Waals surface area contributed by atoms with Gasteiger partial charge >= 0.3 is 0 Å². The second-order valence-electron chi connectivity index (χ2n) is 7.36. The van der Waals surface area contributed by atoms with E-state index in [1.165, 1.54) is 11.1 Å². The average Bonchev–Trinajstić information content (AvgIpc) is 3.29. The Morgan fingerprint density at radius 2 is 1.67 bits per heavy atom. The monoisotopic (exact) mass is 359 g/mol. The molecule has 1 amide bonds. The Morgan fingerprint density at radius 3 is 2.22 bits per heavy atom. The molecule has 3 aromatic rings. The van der Waals surface area contributed by atoms with E-state index in [9.17, 15) is 4.79 Å². The molecule has 1 aliphatic rings. The molecular weight excluding hydrogens is 334 g/mol. The lowest BCUT2D eigenvalue weighted by atomic mass is 9.69. The number of amides is 1. The van der Waals surface area contributed by atoms with Gasteiger partial charge in [-0.3, -0.25) is 4.79 Å². The zero-order valence-corrected chi connectivity index (χ0v) is 15.7. The fraction of sp³-hybridized carbons (Fsp3) is 0.304. The molecule has 0 saturated carbocycles. The lowest BCUT2D eigenvalue weighted by Crippen LogP contribution is -2.50. The predicted molar refractivity (Wildman–Crippen MR) is 106 cm³/mol. The van der Waals surface area contributed by atoms with Crippen LogP contribution in [0, 0.1) is 0 Å². The maximum Gasteiger partial charge on any atom is 0.245 e. The number of hydrogen-bond donors (Lipinski definition) is 0. The molecule has 0 spiro atoms. The van der Waals surface area contributed by atoms with Crippen molar-refractivity contribution in [2.24, 2.45) is 0 Å². The number of benzene rings is 2. The Hall–Kier alpha value is -2.88. The maximum atomic E-state index is 13.2. The summed E-state index contributed by atoms with van der Waals surface area (Å²) in [6, 6.07) is 21.0. The highest BCUT2D eigenvalue weighted by atomic mass is 16.2. The molecule has 4 rings (SSSR count). The second-order valence-corrected chi connectivity index (χ2v) is 7.36. The third kappa shape index (κ3) is 3.27. The molecule has 1 aromatic heterocycles. The van der Waals surface area contributed by atoms with Crippen LogP contribution in [-0.2, 0) is 10.2 Å². The molecule has 1 unspecified atom stereocenters. The van der Waals surface area contributed by atoms with Gasteiger partial charge < -0.3 is 9.47 Å². The zero-order valence-electron chi connectivity index (χ0n) is 15.7. The summed E-state index contributed by atoms with van der Waals surface area (Å²) in [6.45, 7) is 3.46. The minimum absolute atomic E-state index is 0.156. The van der Waals surface area contributed by atoms with E-state index in [2.05, 4.69) is 65.6 Å². The Morgan fingerprint density at radius 1 is 1.04 bits per heavy atom. The van der Waals surface area contributed by atoms with Crippen molar-refractivity contribution in [2.45, 2.75) is 31.2 Å². The van der Waals surface area contributed by atoms with Crippen LogP contribution < -0.4 is 0 Å². The summed E-state index contributed by atoms with van der Waals surface area (Å²) in [5.41, 5.74) is 2.40. The largest absolute Gasteiger partial charge is 0.340 e. The van der Waals surface area contributed by atoms with Gasteiger partial charge in [0.05, 0.1) is 6.33 Å². The summed E-state index contributed by atoms with van der Waals surface area (Å²) in [5, 5.41) is 0. The van der Waals surface area contributed by atoms with Crippen molar-refractivity contribution < 1.29 is 4.79 Å². The SMILES string of the molecule is CC(C(=O)N1CCCC(c2ccccc2)(c2ccccc2)C1)n1ccnc1. The highest BCUT2D eigenvalue weighted by molar-refractivity contribution is 5.80. The first-order valence-corrected chi connectivity index (χ1v) is 9.58. The van der Waals surface area contributed by atoms with E-state index in [-0.39, 0.29) is 17.4 Å². The Bertz CT molecular complexity index is 835. The normalized spacial score (nSPS) is 17.4. The number of carbonyl (C=O) groups excluding carboxylic acids is 1. The highest BCUT2D eigenvalue weighted by Gasteiger charge is 2.40. The van der Waals surface area contributed by atoms with E-state index in [1.807, 2.05) is 22.6 Å². The minimum Gasteiger partial charge on any atom is -0.340 e. The average molecular weight is 359 g/mol. The van der Waals surface area contributed by atoms with E-state index in [0.717, 1.165) is 19.4 Å². The molecule has 0 radical (unpaired) electrons. The van der Waals surface area contributed by atoms with Crippen molar-refractivity contribution in [1.29, 1.82) is 0 Å².